The monoisotopic (exact) mass is 394 g/mol. The van der Waals surface area contributed by atoms with Gasteiger partial charge in [0.05, 0.1) is 6.21 Å². The van der Waals surface area contributed by atoms with Crippen molar-refractivity contribution in [3.63, 3.8) is 0 Å². The fraction of sp³-hybridized carbons (Fsp3) is 0.391. The summed E-state index contributed by atoms with van der Waals surface area (Å²) in [6.07, 6.45) is 7.32. The molecule has 1 N–H and O–H groups in total. The first-order chi connectivity index (χ1) is 14.2. The number of piperidine rings is 1. The van der Waals surface area contributed by atoms with E-state index in [-0.39, 0.29) is 11.7 Å². The van der Waals surface area contributed by atoms with Crippen molar-refractivity contribution in [2.45, 2.75) is 32.1 Å². The molecule has 0 spiro atoms. The molecule has 2 saturated heterocycles. The summed E-state index contributed by atoms with van der Waals surface area (Å²) in [6, 6.07) is 12.7. The van der Waals surface area contributed by atoms with Crippen LogP contribution in [0.25, 0.3) is 0 Å². The summed E-state index contributed by atoms with van der Waals surface area (Å²) in [5.41, 5.74) is 5.41. The largest absolute Gasteiger partial charge is 0.372 e. The number of amides is 1. The van der Waals surface area contributed by atoms with Crippen LogP contribution >= 0.6 is 0 Å². The van der Waals surface area contributed by atoms with Crippen LogP contribution in [0, 0.1) is 5.82 Å². The second-order valence-electron chi connectivity index (χ2n) is 7.69. The Hall–Kier alpha value is -2.89. The number of nitrogens with zero attached hydrogens (tertiary/aromatic N) is 3. The summed E-state index contributed by atoms with van der Waals surface area (Å²) < 4.78 is 14.4. The number of hydrogen-bond donors (Lipinski definition) is 1. The van der Waals surface area contributed by atoms with E-state index in [1.165, 1.54) is 25.5 Å². The Balaban J connectivity index is 1.34. The summed E-state index contributed by atoms with van der Waals surface area (Å²) in [4.78, 5) is 16.8. The normalized spacial score (nSPS) is 17.1. The molecule has 4 rings (SSSR count). The van der Waals surface area contributed by atoms with E-state index in [1.807, 2.05) is 18.2 Å². The van der Waals surface area contributed by atoms with Gasteiger partial charge in [-0.25, -0.2) is 9.82 Å². The van der Waals surface area contributed by atoms with Crippen molar-refractivity contribution < 1.29 is 9.18 Å². The number of hydrazone groups is 1. The third-order valence-corrected chi connectivity index (χ3v) is 5.68. The van der Waals surface area contributed by atoms with Crippen LogP contribution in [-0.4, -0.2) is 38.3 Å². The van der Waals surface area contributed by atoms with Gasteiger partial charge >= 0.3 is 0 Å². The van der Waals surface area contributed by atoms with Gasteiger partial charge in [0, 0.05) is 48.7 Å². The molecule has 5 nitrogen and oxygen atoms in total. The zero-order valence-corrected chi connectivity index (χ0v) is 16.6. The Kier molecular flexibility index (Phi) is 6.08. The van der Waals surface area contributed by atoms with Gasteiger partial charge in [0.1, 0.15) is 5.82 Å². The predicted molar refractivity (Wildman–Crippen MR) is 115 cm³/mol. The number of carbonyl (C=O) groups excluding carboxylic acids is 1. The van der Waals surface area contributed by atoms with E-state index in [4.69, 9.17) is 0 Å². The molecule has 6 heteroatoms. The zero-order chi connectivity index (χ0) is 20.1. The lowest BCUT2D eigenvalue weighted by molar-refractivity contribution is 0.0955. The van der Waals surface area contributed by atoms with Crippen molar-refractivity contribution in [2.75, 3.05) is 36.0 Å². The molecule has 0 bridgehead atoms. The van der Waals surface area contributed by atoms with Crippen LogP contribution in [0.2, 0.25) is 0 Å². The summed E-state index contributed by atoms with van der Waals surface area (Å²) in [5.74, 6) is -0.638. The minimum Gasteiger partial charge on any atom is -0.372 e. The summed E-state index contributed by atoms with van der Waals surface area (Å²) in [7, 11) is 0. The summed E-state index contributed by atoms with van der Waals surface area (Å²) in [6.45, 7) is 4.08. The molecule has 2 aromatic rings. The van der Waals surface area contributed by atoms with Crippen LogP contribution in [-0.2, 0) is 0 Å². The average Bonchev–Trinajstić information content (AvgIpc) is 3.30. The van der Waals surface area contributed by atoms with E-state index in [1.54, 1.807) is 24.3 Å². The molecule has 2 fully saturated rings. The Morgan fingerprint density at radius 1 is 0.862 bits per heavy atom. The molecule has 0 aliphatic carbocycles. The third-order valence-electron chi connectivity index (χ3n) is 5.68. The molecule has 152 valence electrons. The Morgan fingerprint density at radius 2 is 1.45 bits per heavy atom. The number of benzene rings is 2. The Bertz CT molecular complexity index is 869. The molecule has 29 heavy (non-hydrogen) atoms. The van der Waals surface area contributed by atoms with E-state index in [0.29, 0.717) is 11.1 Å². The first-order valence-electron chi connectivity index (χ1n) is 10.4. The highest BCUT2D eigenvalue weighted by Gasteiger charge is 2.14. The summed E-state index contributed by atoms with van der Waals surface area (Å²) >= 11 is 0. The SMILES string of the molecule is O=C(N/N=C\c1ccc(N2CCCCC2)cc1F)c1ccc(N2CCCC2)cc1. The van der Waals surface area contributed by atoms with E-state index in [0.717, 1.165) is 50.4 Å². The van der Waals surface area contributed by atoms with Gasteiger partial charge in [-0.15, -0.1) is 0 Å². The Morgan fingerprint density at radius 3 is 2.10 bits per heavy atom. The maximum atomic E-state index is 14.4. The van der Waals surface area contributed by atoms with Gasteiger partial charge in [-0.05, 0) is 74.6 Å². The standard InChI is InChI=1S/C23H27FN4O/c24-22-16-21(28-12-2-1-3-13-28)11-8-19(22)17-25-26-23(29)18-6-9-20(10-7-18)27-14-4-5-15-27/h6-11,16-17H,1-5,12-15H2,(H,26,29)/b25-17-. The molecule has 2 aliphatic rings. The number of hydrogen-bond acceptors (Lipinski definition) is 4. The van der Waals surface area contributed by atoms with Crippen molar-refractivity contribution in [3.8, 4) is 0 Å². The van der Waals surface area contributed by atoms with Gasteiger partial charge < -0.3 is 9.80 Å². The lowest BCUT2D eigenvalue weighted by Gasteiger charge is -2.28. The Labute approximate surface area is 171 Å². The maximum absolute atomic E-state index is 14.4. The molecular weight excluding hydrogens is 367 g/mol. The molecule has 1 amide bonds. The van der Waals surface area contributed by atoms with Crippen molar-refractivity contribution in [1.29, 1.82) is 0 Å². The van der Waals surface area contributed by atoms with Crippen LogP contribution < -0.4 is 15.2 Å². The first-order valence-corrected chi connectivity index (χ1v) is 10.4. The summed E-state index contributed by atoms with van der Waals surface area (Å²) in [5, 5.41) is 3.93. The van der Waals surface area contributed by atoms with Crippen LogP contribution in [0.3, 0.4) is 0 Å². The number of carbonyl (C=O) groups is 1. The van der Waals surface area contributed by atoms with Crippen molar-refractivity contribution >= 4 is 23.5 Å². The lowest BCUT2D eigenvalue weighted by Crippen LogP contribution is -2.29. The van der Waals surface area contributed by atoms with Crippen LogP contribution in [0.4, 0.5) is 15.8 Å². The molecule has 0 radical (unpaired) electrons. The van der Waals surface area contributed by atoms with Crippen molar-refractivity contribution in [3.05, 3.63) is 59.4 Å². The third kappa shape index (κ3) is 4.75. The molecule has 0 aromatic heterocycles. The molecule has 0 atom stereocenters. The van der Waals surface area contributed by atoms with Crippen LogP contribution in [0.1, 0.15) is 48.0 Å². The zero-order valence-electron chi connectivity index (χ0n) is 16.6. The van der Waals surface area contributed by atoms with Gasteiger partial charge in [-0.2, -0.15) is 5.10 Å². The molecule has 2 aromatic carbocycles. The second-order valence-corrected chi connectivity index (χ2v) is 7.69. The van der Waals surface area contributed by atoms with Crippen LogP contribution in [0.5, 0.6) is 0 Å². The first kappa shape index (κ1) is 19.4. The van der Waals surface area contributed by atoms with Gasteiger partial charge in [0.2, 0.25) is 0 Å². The smallest absolute Gasteiger partial charge is 0.271 e. The molecule has 2 aliphatic heterocycles. The molecule has 0 saturated carbocycles. The van der Waals surface area contributed by atoms with Crippen molar-refractivity contribution in [2.24, 2.45) is 5.10 Å². The molecular formula is C23H27FN4O. The van der Waals surface area contributed by atoms with Gasteiger partial charge in [-0.1, -0.05) is 0 Å². The quantitative estimate of drug-likeness (QED) is 0.611. The topological polar surface area (TPSA) is 47.9 Å². The van der Waals surface area contributed by atoms with Gasteiger partial charge in [0.25, 0.3) is 5.91 Å². The maximum Gasteiger partial charge on any atom is 0.271 e. The van der Waals surface area contributed by atoms with E-state index >= 15 is 0 Å². The van der Waals surface area contributed by atoms with E-state index in [2.05, 4.69) is 20.3 Å². The molecule has 2 heterocycles. The van der Waals surface area contributed by atoms with Gasteiger partial charge in [0.15, 0.2) is 0 Å². The number of rotatable bonds is 5. The highest BCUT2D eigenvalue weighted by Crippen LogP contribution is 2.22. The van der Waals surface area contributed by atoms with Crippen molar-refractivity contribution in [1.82, 2.24) is 5.43 Å². The second kappa shape index (κ2) is 9.07. The minimum atomic E-state index is -0.332. The molecule has 0 unspecified atom stereocenters. The minimum absolute atomic E-state index is 0.306. The van der Waals surface area contributed by atoms with Gasteiger partial charge in [-0.3, -0.25) is 4.79 Å². The fourth-order valence-electron chi connectivity index (χ4n) is 3.99. The fourth-order valence-corrected chi connectivity index (χ4v) is 3.99. The van der Waals surface area contributed by atoms with E-state index < -0.39 is 0 Å². The highest BCUT2D eigenvalue weighted by atomic mass is 19.1. The predicted octanol–water partition coefficient (Wildman–Crippen LogP) is 4.18. The van der Waals surface area contributed by atoms with E-state index in [9.17, 15) is 9.18 Å². The average molecular weight is 394 g/mol. The highest BCUT2D eigenvalue weighted by molar-refractivity contribution is 5.95. The lowest BCUT2D eigenvalue weighted by atomic mass is 10.1. The number of halogens is 1. The number of nitrogens with one attached hydrogen (secondary N) is 1. The van der Waals surface area contributed by atoms with Crippen LogP contribution in [0.15, 0.2) is 47.6 Å². The number of anilines is 2.